The summed E-state index contributed by atoms with van der Waals surface area (Å²) in [4.78, 5) is 0. The fourth-order valence-electron chi connectivity index (χ4n) is 1.21. The average Bonchev–Trinajstić information content (AvgIpc) is 2.05. The van der Waals surface area contributed by atoms with E-state index in [4.69, 9.17) is 5.11 Å². The quantitative estimate of drug-likeness (QED) is 0.636. The normalized spacial score (nSPS) is 26.4. The number of hydrogen-bond donors (Lipinski definition) is 2. The molecule has 0 heterocycles. The molecule has 0 aromatic heterocycles. The number of allylic oxidation sites excluding steroid dienone is 2. The molecule has 0 aromatic rings. The highest BCUT2D eigenvalue weighted by atomic mass is 16.3. The van der Waals surface area contributed by atoms with Gasteiger partial charge in [0.1, 0.15) is 5.76 Å². The highest BCUT2D eigenvalue weighted by Crippen LogP contribution is 2.19. The van der Waals surface area contributed by atoms with Gasteiger partial charge in [-0.15, -0.1) is 0 Å². The lowest BCUT2D eigenvalue weighted by Gasteiger charge is -2.18. The summed E-state index contributed by atoms with van der Waals surface area (Å²) in [5.74, 6) is 0.500. The van der Waals surface area contributed by atoms with Crippen molar-refractivity contribution in [3.63, 3.8) is 0 Å². The van der Waals surface area contributed by atoms with Crippen LogP contribution in [0, 0.1) is 5.92 Å². The average molecular weight is 154 g/mol. The van der Waals surface area contributed by atoms with Crippen LogP contribution in [0.2, 0.25) is 0 Å². The van der Waals surface area contributed by atoms with E-state index in [-0.39, 0.29) is 12.0 Å². The van der Waals surface area contributed by atoms with Crippen molar-refractivity contribution in [2.24, 2.45) is 5.92 Å². The largest absolute Gasteiger partial charge is 0.508 e. The number of hydrogen-bond acceptors (Lipinski definition) is 2. The highest BCUT2D eigenvalue weighted by molar-refractivity contribution is 5.17. The van der Waals surface area contributed by atoms with Gasteiger partial charge >= 0.3 is 0 Å². The second-order valence-corrected chi connectivity index (χ2v) is 2.86. The van der Waals surface area contributed by atoms with E-state index in [1.165, 1.54) is 0 Å². The van der Waals surface area contributed by atoms with Crippen LogP contribution in [0.25, 0.3) is 0 Å². The topological polar surface area (TPSA) is 40.5 Å². The van der Waals surface area contributed by atoms with Crippen molar-refractivity contribution in [2.75, 3.05) is 0 Å². The van der Waals surface area contributed by atoms with Gasteiger partial charge in [-0.25, -0.2) is 0 Å². The van der Waals surface area contributed by atoms with Crippen molar-refractivity contribution in [1.29, 1.82) is 0 Å². The first-order valence-electron chi connectivity index (χ1n) is 3.99. The molecule has 0 radical (unpaired) electrons. The van der Waals surface area contributed by atoms with E-state index in [1.807, 2.05) is 13.0 Å². The van der Waals surface area contributed by atoms with Gasteiger partial charge in [0.2, 0.25) is 0 Å². The van der Waals surface area contributed by atoms with E-state index < -0.39 is 0 Å². The molecule has 2 atom stereocenters. The first-order chi connectivity index (χ1) is 5.24. The van der Waals surface area contributed by atoms with Gasteiger partial charge in [0.15, 0.2) is 0 Å². The molecule has 0 bridgehead atoms. The van der Waals surface area contributed by atoms with Gasteiger partial charge in [-0.2, -0.15) is 0 Å². The van der Waals surface area contributed by atoms with Crippen molar-refractivity contribution < 1.29 is 10.2 Å². The fourth-order valence-corrected chi connectivity index (χ4v) is 1.21. The van der Waals surface area contributed by atoms with Crippen LogP contribution in [0.4, 0.5) is 0 Å². The van der Waals surface area contributed by atoms with Crippen molar-refractivity contribution in [1.82, 2.24) is 0 Å². The zero-order valence-electron chi connectivity index (χ0n) is 6.70. The Labute approximate surface area is 66.9 Å². The van der Waals surface area contributed by atoms with Crippen LogP contribution in [0.3, 0.4) is 0 Å². The van der Waals surface area contributed by atoms with Gasteiger partial charge in [-0.1, -0.05) is 13.0 Å². The minimum Gasteiger partial charge on any atom is -0.508 e. The first kappa shape index (κ1) is 8.34. The summed E-state index contributed by atoms with van der Waals surface area (Å²) in [7, 11) is 0. The number of aliphatic hydroxyl groups is 2. The molecular formula is C9H14O2. The molecule has 0 fully saturated rings. The maximum absolute atomic E-state index is 9.41. The SMILES string of the molecule is CCC(O)C1C=CC(O)=CC1. The van der Waals surface area contributed by atoms with Crippen molar-refractivity contribution in [2.45, 2.75) is 25.9 Å². The Morgan fingerprint density at radius 1 is 1.73 bits per heavy atom. The van der Waals surface area contributed by atoms with E-state index in [0.29, 0.717) is 5.76 Å². The Morgan fingerprint density at radius 3 is 2.91 bits per heavy atom. The zero-order chi connectivity index (χ0) is 8.27. The van der Waals surface area contributed by atoms with Gasteiger partial charge in [0.05, 0.1) is 6.10 Å². The van der Waals surface area contributed by atoms with Crippen molar-refractivity contribution >= 4 is 0 Å². The summed E-state index contributed by atoms with van der Waals surface area (Å²) in [6, 6.07) is 0. The molecular weight excluding hydrogens is 140 g/mol. The van der Waals surface area contributed by atoms with E-state index >= 15 is 0 Å². The van der Waals surface area contributed by atoms with Gasteiger partial charge in [0.25, 0.3) is 0 Å². The molecule has 0 aliphatic heterocycles. The Morgan fingerprint density at radius 2 is 2.45 bits per heavy atom. The van der Waals surface area contributed by atoms with Crippen LogP contribution in [0.15, 0.2) is 24.0 Å². The molecule has 2 N–H and O–H groups in total. The Hall–Kier alpha value is -0.760. The van der Waals surface area contributed by atoms with E-state index in [2.05, 4.69) is 0 Å². The molecule has 2 nitrogen and oxygen atoms in total. The third kappa shape index (κ3) is 2.09. The summed E-state index contributed by atoms with van der Waals surface area (Å²) < 4.78 is 0. The van der Waals surface area contributed by atoms with E-state index in [1.54, 1.807) is 12.2 Å². The van der Waals surface area contributed by atoms with Crippen LogP contribution < -0.4 is 0 Å². The first-order valence-corrected chi connectivity index (χ1v) is 3.99. The zero-order valence-corrected chi connectivity index (χ0v) is 6.70. The third-order valence-corrected chi connectivity index (χ3v) is 2.03. The number of aliphatic hydroxyl groups excluding tert-OH is 2. The Kier molecular flexibility index (Phi) is 2.71. The van der Waals surface area contributed by atoms with Crippen molar-refractivity contribution in [3.8, 4) is 0 Å². The monoisotopic (exact) mass is 154 g/mol. The standard InChI is InChI=1S/C9H14O2/c1-2-9(11)7-3-5-8(10)6-4-7/h3,5-7,9-11H,2,4H2,1H3. The molecule has 0 saturated heterocycles. The van der Waals surface area contributed by atoms with Crippen LogP contribution >= 0.6 is 0 Å². The predicted octanol–water partition coefficient (Wildman–Crippen LogP) is 1.78. The molecule has 0 aromatic carbocycles. The molecule has 62 valence electrons. The van der Waals surface area contributed by atoms with Crippen molar-refractivity contribution in [3.05, 3.63) is 24.0 Å². The van der Waals surface area contributed by atoms with Crippen LogP contribution in [-0.2, 0) is 0 Å². The summed E-state index contributed by atoms with van der Waals surface area (Å²) in [5.41, 5.74) is 0. The minimum absolute atomic E-state index is 0.191. The molecule has 1 aliphatic carbocycles. The van der Waals surface area contributed by atoms with Gasteiger partial charge in [0, 0.05) is 5.92 Å². The van der Waals surface area contributed by atoms with Crippen LogP contribution in [0.5, 0.6) is 0 Å². The van der Waals surface area contributed by atoms with E-state index in [0.717, 1.165) is 12.8 Å². The molecule has 0 spiro atoms. The Bertz CT molecular complexity index is 182. The molecule has 11 heavy (non-hydrogen) atoms. The maximum atomic E-state index is 9.41. The molecule has 1 rings (SSSR count). The summed E-state index contributed by atoms with van der Waals surface area (Å²) in [6.45, 7) is 1.96. The predicted molar refractivity (Wildman–Crippen MR) is 44.3 cm³/mol. The lowest BCUT2D eigenvalue weighted by molar-refractivity contribution is 0.125. The molecule has 1 aliphatic rings. The number of rotatable bonds is 2. The van der Waals surface area contributed by atoms with E-state index in [9.17, 15) is 5.11 Å². The molecule has 2 unspecified atom stereocenters. The minimum atomic E-state index is -0.268. The third-order valence-electron chi connectivity index (χ3n) is 2.03. The molecule has 0 saturated carbocycles. The second kappa shape index (κ2) is 3.58. The molecule has 2 heteroatoms. The van der Waals surface area contributed by atoms with Gasteiger partial charge < -0.3 is 10.2 Å². The highest BCUT2D eigenvalue weighted by Gasteiger charge is 2.15. The molecule has 0 amide bonds. The second-order valence-electron chi connectivity index (χ2n) is 2.86. The van der Waals surface area contributed by atoms with Gasteiger partial charge in [-0.3, -0.25) is 0 Å². The lowest BCUT2D eigenvalue weighted by atomic mass is 9.93. The summed E-state index contributed by atoms with van der Waals surface area (Å²) >= 11 is 0. The summed E-state index contributed by atoms with van der Waals surface area (Å²) in [5, 5.41) is 18.4. The van der Waals surface area contributed by atoms with Crippen LogP contribution in [-0.4, -0.2) is 16.3 Å². The lowest BCUT2D eigenvalue weighted by Crippen LogP contribution is -2.18. The van der Waals surface area contributed by atoms with Crippen LogP contribution in [0.1, 0.15) is 19.8 Å². The smallest absolute Gasteiger partial charge is 0.111 e. The maximum Gasteiger partial charge on any atom is 0.111 e. The Balaban J connectivity index is 2.48. The van der Waals surface area contributed by atoms with Gasteiger partial charge in [-0.05, 0) is 25.0 Å². The summed E-state index contributed by atoms with van der Waals surface area (Å²) in [6.07, 6.45) is 6.50. The fraction of sp³-hybridized carbons (Fsp3) is 0.556.